The Balaban J connectivity index is 0.00000147. The zero-order chi connectivity index (χ0) is 13.5. The van der Waals surface area contributed by atoms with E-state index in [2.05, 4.69) is 0 Å². The van der Waals surface area contributed by atoms with Crippen LogP contribution in [0.2, 0.25) is 0 Å². The second-order valence-electron chi connectivity index (χ2n) is 4.49. The third-order valence-corrected chi connectivity index (χ3v) is 4.85. The number of aromatic nitrogens is 1. The Morgan fingerprint density at radius 3 is 2.25 bits per heavy atom. The Hall–Kier alpha value is -1.27. The summed E-state index contributed by atoms with van der Waals surface area (Å²) in [5, 5.41) is 0.915. The van der Waals surface area contributed by atoms with E-state index < -0.39 is 10.0 Å². The fourth-order valence-corrected chi connectivity index (χ4v) is 3.44. The third kappa shape index (κ3) is 2.49. The average molecular weight is 394 g/mol. The van der Waals surface area contributed by atoms with Gasteiger partial charge in [-0.1, -0.05) is 35.9 Å². The van der Waals surface area contributed by atoms with Gasteiger partial charge in [0, 0.05) is 11.6 Å². The molecule has 1 aromatic heterocycles. The van der Waals surface area contributed by atoms with Crippen LogP contribution in [0.5, 0.6) is 0 Å². The molecule has 5 heteroatoms. The van der Waals surface area contributed by atoms with Crippen molar-refractivity contribution >= 4 is 44.8 Å². The molecule has 3 aromatic rings. The molecule has 0 spiro atoms. The van der Waals surface area contributed by atoms with E-state index in [9.17, 15) is 8.42 Å². The molecular weight excluding hydrogens is 377 g/mol. The molecule has 0 aliphatic heterocycles. The number of hydrogen-bond acceptors (Lipinski definition) is 2. The predicted octanol–water partition coefficient (Wildman–Crippen LogP) is 1.74. The first-order valence-corrected chi connectivity index (χ1v) is 7.41. The first-order valence-electron chi connectivity index (χ1n) is 5.97. The van der Waals surface area contributed by atoms with Gasteiger partial charge in [0.2, 0.25) is 0 Å². The van der Waals surface area contributed by atoms with E-state index in [4.69, 9.17) is 0 Å². The van der Waals surface area contributed by atoms with E-state index in [1.807, 2.05) is 25.1 Å². The summed E-state index contributed by atoms with van der Waals surface area (Å²) < 4.78 is 26.5. The number of fused-ring (bicyclic) bond motifs is 1. The van der Waals surface area contributed by atoms with Crippen LogP contribution in [0.1, 0.15) is 5.56 Å². The van der Waals surface area contributed by atoms with E-state index in [-0.39, 0.29) is 23.9 Å². The second kappa shape index (κ2) is 5.61. The molecule has 20 heavy (non-hydrogen) atoms. The standard InChI is InChI=1S/C15H13NO2S.Sn.4H/c1-12-6-8-14(9-7-12)19(17,18)16-11-10-13-4-2-3-5-15(13)16;;;;;/h2-11H,1H3;;;;;. The van der Waals surface area contributed by atoms with Gasteiger partial charge in [-0.3, -0.25) is 0 Å². The first-order chi connectivity index (χ1) is 9.09. The fraction of sp³-hybridized carbons (Fsp3) is 0.0667. The summed E-state index contributed by atoms with van der Waals surface area (Å²) in [6, 6.07) is 16.1. The normalized spacial score (nSPS) is 11.2. The molecular formula is C15H17NO2SSn. The molecule has 3 nitrogen and oxygen atoms in total. The van der Waals surface area contributed by atoms with Gasteiger partial charge in [-0.05, 0) is 31.2 Å². The van der Waals surface area contributed by atoms with Gasteiger partial charge in [0.15, 0.2) is 0 Å². The molecule has 0 unspecified atom stereocenters. The molecule has 0 saturated carbocycles. The van der Waals surface area contributed by atoms with Gasteiger partial charge in [-0.15, -0.1) is 0 Å². The molecule has 0 bridgehead atoms. The van der Waals surface area contributed by atoms with Crippen molar-refractivity contribution in [2.75, 3.05) is 0 Å². The van der Waals surface area contributed by atoms with Gasteiger partial charge in [-0.25, -0.2) is 12.4 Å². The molecule has 0 amide bonds. The molecule has 0 radical (unpaired) electrons. The summed E-state index contributed by atoms with van der Waals surface area (Å²) >= 11 is 0. The van der Waals surface area contributed by atoms with Crippen molar-refractivity contribution in [1.29, 1.82) is 0 Å². The summed E-state index contributed by atoms with van der Waals surface area (Å²) in [7, 11) is -3.52. The SMILES string of the molecule is Cc1ccc(S(=O)(=O)n2ccc3ccccc32)cc1.[SnH4]. The Morgan fingerprint density at radius 1 is 0.900 bits per heavy atom. The molecule has 0 saturated heterocycles. The van der Waals surface area contributed by atoms with Crippen molar-refractivity contribution in [1.82, 2.24) is 3.97 Å². The monoisotopic (exact) mass is 395 g/mol. The van der Waals surface area contributed by atoms with Crippen molar-refractivity contribution in [2.45, 2.75) is 11.8 Å². The van der Waals surface area contributed by atoms with Crippen molar-refractivity contribution in [3.8, 4) is 0 Å². The molecule has 104 valence electrons. The van der Waals surface area contributed by atoms with Crippen molar-refractivity contribution in [3.05, 3.63) is 66.4 Å². The average Bonchev–Trinajstić information content (AvgIpc) is 2.83. The zero-order valence-corrected chi connectivity index (χ0v) is 11.3. The van der Waals surface area contributed by atoms with Gasteiger partial charge in [0.1, 0.15) is 0 Å². The van der Waals surface area contributed by atoms with Crippen LogP contribution < -0.4 is 0 Å². The number of hydrogen-bond donors (Lipinski definition) is 0. The molecule has 0 atom stereocenters. The topological polar surface area (TPSA) is 39.1 Å². The summed E-state index contributed by atoms with van der Waals surface area (Å²) in [5.41, 5.74) is 1.74. The predicted molar refractivity (Wildman–Crippen MR) is 87.0 cm³/mol. The quantitative estimate of drug-likeness (QED) is 0.622. The van der Waals surface area contributed by atoms with Crippen LogP contribution in [-0.4, -0.2) is 36.3 Å². The van der Waals surface area contributed by atoms with E-state index in [1.54, 1.807) is 42.6 Å². The molecule has 0 aliphatic rings. The van der Waals surface area contributed by atoms with Crippen LogP contribution in [0, 0.1) is 6.92 Å². The molecule has 3 rings (SSSR count). The van der Waals surface area contributed by atoms with E-state index >= 15 is 0 Å². The zero-order valence-electron chi connectivity index (χ0n) is 10.4. The van der Waals surface area contributed by atoms with Gasteiger partial charge in [0.05, 0.1) is 10.4 Å². The van der Waals surface area contributed by atoms with Crippen LogP contribution >= 0.6 is 0 Å². The first kappa shape index (κ1) is 15.1. The Kier molecular flexibility index (Phi) is 4.25. The number of nitrogens with zero attached hydrogens (tertiary/aromatic N) is 1. The Morgan fingerprint density at radius 2 is 1.55 bits per heavy atom. The van der Waals surface area contributed by atoms with Crippen LogP contribution in [0.15, 0.2) is 65.7 Å². The second-order valence-corrected chi connectivity index (χ2v) is 6.30. The van der Waals surface area contributed by atoms with Crippen LogP contribution in [0.4, 0.5) is 0 Å². The van der Waals surface area contributed by atoms with Crippen LogP contribution in [-0.2, 0) is 10.0 Å². The van der Waals surface area contributed by atoms with Crippen molar-refractivity contribution in [2.24, 2.45) is 0 Å². The number of benzene rings is 2. The number of rotatable bonds is 2. The van der Waals surface area contributed by atoms with Crippen molar-refractivity contribution < 1.29 is 8.42 Å². The molecule has 0 N–H and O–H groups in total. The van der Waals surface area contributed by atoms with E-state index in [0.29, 0.717) is 10.4 Å². The molecule has 1 heterocycles. The Labute approximate surface area is 135 Å². The minimum atomic E-state index is -3.52. The molecule has 2 aromatic carbocycles. The number of aryl methyl sites for hydroxylation is 1. The van der Waals surface area contributed by atoms with Gasteiger partial charge in [0.25, 0.3) is 10.0 Å². The maximum absolute atomic E-state index is 12.6. The Bertz CT molecular complexity index is 836. The fourth-order valence-electron chi connectivity index (χ4n) is 2.09. The van der Waals surface area contributed by atoms with E-state index in [1.165, 1.54) is 3.97 Å². The molecule has 0 aliphatic carbocycles. The maximum atomic E-state index is 12.6. The number of para-hydroxylation sites is 1. The van der Waals surface area contributed by atoms with Gasteiger partial charge >= 0.3 is 23.9 Å². The summed E-state index contributed by atoms with van der Waals surface area (Å²) in [6.07, 6.45) is 1.60. The summed E-state index contributed by atoms with van der Waals surface area (Å²) in [6.45, 7) is 1.93. The summed E-state index contributed by atoms with van der Waals surface area (Å²) in [4.78, 5) is 0.305. The minimum absolute atomic E-state index is 0. The summed E-state index contributed by atoms with van der Waals surface area (Å²) in [5.74, 6) is 0. The molecule has 0 fully saturated rings. The van der Waals surface area contributed by atoms with Gasteiger partial charge in [-0.2, -0.15) is 0 Å². The third-order valence-electron chi connectivity index (χ3n) is 3.14. The van der Waals surface area contributed by atoms with E-state index in [0.717, 1.165) is 10.9 Å². The van der Waals surface area contributed by atoms with Crippen LogP contribution in [0.3, 0.4) is 0 Å². The van der Waals surface area contributed by atoms with Crippen LogP contribution in [0.25, 0.3) is 10.9 Å². The van der Waals surface area contributed by atoms with Crippen molar-refractivity contribution in [3.63, 3.8) is 0 Å². The van der Waals surface area contributed by atoms with Gasteiger partial charge < -0.3 is 0 Å².